The Bertz CT molecular complexity index is 1050. The highest BCUT2D eigenvalue weighted by atomic mass is 19.1. The summed E-state index contributed by atoms with van der Waals surface area (Å²) in [6.45, 7) is 2.28. The van der Waals surface area contributed by atoms with Crippen molar-refractivity contribution in [2.75, 3.05) is 13.2 Å². The second kappa shape index (κ2) is 8.26. The van der Waals surface area contributed by atoms with Gasteiger partial charge in [0, 0.05) is 19.0 Å². The molecule has 5 nitrogen and oxygen atoms in total. The van der Waals surface area contributed by atoms with Crippen LogP contribution in [0.3, 0.4) is 0 Å². The molecule has 0 saturated carbocycles. The number of likely N-dealkylation sites (tertiary alicyclic amines) is 1. The number of aromatic nitrogens is 1. The molecule has 3 aromatic rings. The van der Waals surface area contributed by atoms with E-state index >= 15 is 0 Å². The summed E-state index contributed by atoms with van der Waals surface area (Å²) in [5.74, 6) is 0.418. The molecule has 0 N–H and O–H groups in total. The summed E-state index contributed by atoms with van der Waals surface area (Å²) >= 11 is 0. The van der Waals surface area contributed by atoms with Gasteiger partial charge < -0.3 is 14.1 Å². The molecule has 4 rings (SSSR count). The molecule has 0 bridgehead atoms. The second-order valence-corrected chi connectivity index (χ2v) is 7.61. The van der Waals surface area contributed by atoms with E-state index in [2.05, 4.69) is 4.98 Å². The van der Waals surface area contributed by atoms with Crippen LogP contribution < -0.4 is 4.74 Å². The van der Waals surface area contributed by atoms with Gasteiger partial charge in [0.25, 0.3) is 5.91 Å². The first-order chi connectivity index (χ1) is 14.4. The SMILES string of the molecule is CC1(c2ncc(Cc3cccc(F)c3)o2)CCCN1C(=O)COc1cccc(F)c1. The summed E-state index contributed by atoms with van der Waals surface area (Å²) < 4.78 is 38.1. The van der Waals surface area contributed by atoms with Crippen LogP contribution in [0.2, 0.25) is 0 Å². The Kier molecular flexibility index (Phi) is 5.53. The second-order valence-electron chi connectivity index (χ2n) is 7.61. The van der Waals surface area contributed by atoms with Crippen molar-refractivity contribution in [1.82, 2.24) is 9.88 Å². The number of nitrogens with zero attached hydrogens (tertiary/aromatic N) is 2. The van der Waals surface area contributed by atoms with Crippen LogP contribution >= 0.6 is 0 Å². The molecule has 0 aliphatic carbocycles. The molecule has 1 aliphatic heterocycles. The molecule has 0 spiro atoms. The van der Waals surface area contributed by atoms with Crippen LogP contribution in [0.15, 0.2) is 59.1 Å². The third-order valence-corrected chi connectivity index (χ3v) is 5.38. The van der Waals surface area contributed by atoms with Crippen molar-refractivity contribution in [3.63, 3.8) is 0 Å². The summed E-state index contributed by atoms with van der Waals surface area (Å²) in [7, 11) is 0. The van der Waals surface area contributed by atoms with Gasteiger partial charge in [-0.2, -0.15) is 0 Å². The number of hydrogen-bond acceptors (Lipinski definition) is 4. The maximum Gasteiger partial charge on any atom is 0.261 e. The zero-order valence-electron chi connectivity index (χ0n) is 16.6. The first-order valence-electron chi connectivity index (χ1n) is 9.82. The number of oxazole rings is 1. The number of amides is 1. The van der Waals surface area contributed by atoms with Crippen molar-refractivity contribution in [2.24, 2.45) is 0 Å². The Hall–Kier alpha value is -3.22. The zero-order valence-corrected chi connectivity index (χ0v) is 16.6. The molecule has 1 amide bonds. The number of benzene rings is 2. The van der Waals surface area contributed by atoms with Gasteiger partial charge in [-0.25, -0.2) is 13.8 Å². The van der Waals surface area contributed by atoms with Crippen molar-refractivity contribution in [2.45, 2.75) is 31.7 Å². The van der Waals surface area contributed by atoms with Crippen molar-refractivity contribution in [1.29, 1.82) is 0 Å². The topological polar surface area (TPSA) is 55.6 Å². The maximum atomic E-state index is 13.4. The van der Waals surface area contributed by atoms with Gasteiger partial charge in [0.2, 0.25) is 5.89 Å². The third kappa shape index (κ3) is 4.20. The number of carbonyl (C=O) groups excluding carboxylic acids is 1. The van der Waals surface area contributed by atoms with Crippen molar-refractivity contribution in [3.8, 4) is 5.75 Å². The lowest BCUT2D eigenvalue weighted by molar-refractivity contribution is -0.138. The maximum absolute atomic E-state index is 13.4. The summed E-state index contributed by atoms with van der Waals surface area (Å²) in [4.78, 5) is 18.9. The standard InChI is InChI=1S/C23H22F2N2O3/c1-23(22-26-14-20(30-22)12-16-5-2-6-17(24)11-16)9-4-10-27(23)21(28)15-29-19-8-3-7-18(25)13-19/h2-3,5-8,11,13-14H,4,9-10,12,15H2,1H3. The largest absolute Gasteiger partial charge is 0.484 e. The molecular weight excluding hydrogens is 390 g/mol. The fourth-order valence-corrected chi connectivity index (χ4v) is 3.85. The van der Waals surface area contributed by atoms with E-state index in [1.165, 1.54) is 30.3 Å². The molecule has 7 heteroatoms. The van der Waals surface area contributed by atoms with E-state index in [0.717, 1.165) is 12.0 Å². The predicted octanol–water partition coefficient (Wildman–Crippen LogP) is 4.46. The lowest BCUT2D eigenvalue weighted by Crippen LogP contribution is -2.45. The van der Waals surface area contributed by atoms with E-state index in [1.807, 2.05) is 13.0 Å². The van der Waals surface area contributed by atoms with Crippen LogP contribution in [-0.4, -0.2) is 28.9 Å². The van der Waals surface area contributed by atoms with Crippen molar-refractivity contribution >= 4 is 5.91 Å². The Balaban J connectivity index is 1.46. The smallest absolute Gasteiger partial charge is 0.261 e. The van der Waals surface area contributed by atoms with E-state index in [4.69, 9.17) is 9.15 Å². The number of carbonyl (C=O) groups is 1. The lowest BCUT2D eigenvalue weighted by atomic mass is 9.99. The number of ether oxygens (including phenoxy) is 1. The van der Waals surface area contributed by atoms with Crippen LogP contribution in [0.4, 0.5) is 8.78 Å². The molecule has 2 heterocycles. The molecule has 1 fully saturated rings. The molecule has 2 aromatic carbocycles. The quantitative estimate of drug-likeness (QED) is 0.600. The fourth-order valence-electron chi connectivity index (χ4n) is 3.85. The lowest BCUT2D eigenvalue weighted by Gasteiger charge is -2.32. The third-order valence-electron chi connectivity index (χ3n) is 5.38. The van der Waals surface area contributed by atoms with Crippen LogP contribution in [-0.2, 0) is 16.8 Å². The van der Waals surface area contributed by atoms with Crippen molar-refractivity contribution < 1.29 is 22.7 Å². The van der Waals surface area contributed by atoms with Crippen molar-refractivity contribution in [3.05, 3.63) is 83.6 Å². The molecule has 1 atom stereocenters. The van der Waals surface area contributed by atoms with E-state index in [1.54, 1.807) is 23.2 Å². The molecule has 0 radical (unpaired) electrons. The Morgan fingerprint density at radius 1 is 1.20 bits per heavy atom. The number of halogens is 2. The van der Waals surface area contributed by atoms with Crippen LogP contribution in [0.5, 0.6) is 5.75 Å². The van der Waals surface area contributed by atoms with E-state index < -0.39 is 11.4 Å². The van der Waals surface area contributed by atoms with Crippen LogP contribution in [0, 0.1) is 11.6 Å². The first-order valence-corrected chi connectivity index (χ1v) is 9.82. The monoisotopic (exact) mass is 412 g/mol. The van der Waals surface area contributed by atoms with Gasteiger partial charge in [0.05, 0.1) is 6.20 Å². The average molecular weight is 412 g/mol. The fraction of sp³-hybridized carbons (Fsp3) is 0.304. The van der Waals surface area contributed by atoms with Gasteiger partial charge in [-0.1, -0.05) is 18.2 Å². The van der Waals surface area contributed by atoms with Gasteiger partial charge >= 0.3 is 0 Å². The highest BCUT2D eigenvalue weighted by molar-refractivity contribution is 5.79. The highest BCUT2D eigenvalue weighted by Gasteiger charge is 2.44. The summed E-state index contributed by atoms with van der Waals surface area (Å²) in [6, 6.07) is 12.0. The average Bonchev–Trinajstić information content (AvgIpc) is 3.34. The molecule has 156 valence electrons. The van der Waals surface area contributed by atoms with E-state index in [-0.39, 0.29) is 18.3 Å². The van der Waals surface area contributed by atoms with E-state index in [9.17, 15) is 13.6 Å². The molecule has 1 unspecified atom stereocenters. The van der Waals surface area contributed by atoms with Gasteiger partial charge in [-0.15, -0.1) is 0 Å². The minimum atomic E-state index is -0.692. The molecule has 30 heavy (non-hydrogen) atoms. The Morgan fingerprint density at radius 2 is 1.97 bits per heavy atom. The Morgan fingerprint density at radius 3 is 2.73 bits per heavy atom. The summed E-state index contributed by atoms with van der Waals surface area (Å²) in [5, 5.41) is 0. The van der Waals surface area contributed by atoms with Gasteiger partial charge in [0.15, 0.2) is 6.61 Å². The molecule has 1 saturated heterocycles. The van der Waals surface area contributed by atoms with E-state index in [0.29, 0.717) is 36.8 Å². The zero-order chi connectivity index (χ0) is 21.1. The predicted molar refractivity (Wildman–Crippen MR) is 106 cm³/mol. The van der Waals surface area contributed by atoms with Gasteiger partial charge in [0.1, 0.15) is 28.7 Å². The first kappa shape index (κ1) is 20.1. The summed E-state index contributed by atoms with van der Waals surface area (Å²) in [5.41, 5.74) is 0.0912. The van der Waals surface area contributed by atoms with Crippen LogP contribution in [0.1, 0.15) is 37.0 Å². The molecule has 1 aliphatic rings. The molecular formula is C23H22F2N2O3. The highest BCUT2D eigenvalue weighted by Crippen LogP contribution is 2.38. The normalized spacial score (nSPS) is 18.6. The van der Waals surface area contributed by atoms with Gasteiger partial charge in [-0.3, -0.25) is 4.79 Å². The Labute approximate surface area is 173 Å². The minimum absolute atomic E-state index is 0.199. The molecule has 1 aromatic heterocycles. The number of rotatable bonds is 6. The van der Waals surface area contributed by atoms with Crippen LogP contribution in [0.25, 0.3) is 0 Å². The minimum Gasteiger partial charge on any atom is -0.484 e. The summed E-state index contributed by atoms with van der Waals surface area (Å²) in [6.07, 6.45) is 3.55. The van der Waals surface area contributed by atoms with Gasteiger partial charge in [-0.05, 0) is 49.6 Å². The number of hydrogen-bond donors (Lipinski definition) is 0.